The molecule has 2 amide bonds. The minimum absolute atomic E-state index is 0.169. The van der Waals surface area contributed by atoms with Crippen molar-refractivity contribution in [3.05, 3.63) is 65.7 Å². The molecule has 0 aliphatic carbocycles. The van der Waals surface area contributed by atoms with E-state index in [-0.39, 0.29) is 11.8 Å². The number of nitrogens with one attached hydrogen (secondary N) is 1. The fourth-order valence-electron chi connectivity index (χ4n) is 3.00. The van der Waals surface area contributed by atoms with Crippen molar-refractivity contribution in [2.75, 3.05) is 11.4 Å². The molecule has 25 heavy (non-hydrogen) atoms. The molecule has 1 unspecified atom stereocenters. The predicted molar refractivity (Wildman–Crippen MR) is 97.9 cm³/mol. The number of carbonyl (C=O) groups is 2. The summed E-state index contributed by atoms with van der Waals surface area (Å²) >= 11 is 0. The zero-order chi connectivity index (χ0) is 17.9. The number of rotatable bonds is 5. The van der Waals surface area contributed by atoms with Gasteiger partial charge < -0.3 is 16.0 Å². The second-order valence-corrected chi connectivity index (χ2v) is 6.57. The molecule has 0 radical (unpaired) electrons. The Morgan fingerprint density at radius 1 is 1.16 bits per heavy atom. The van der Waals surface area contributed by atoms with Gasteiger partial charge in [-0.15, -0.1) is 0 Å². The van der Waals surface area contributed by atoms with Gasteiger partial charge in [0, 0.05) is 25.2 Å². The zero-order valence-electron chi connectivity index (χ0n) is 14.4. The van der Waals surface area contributed by atoms with Gasteiger partial charge in [0.25, 0.3) is 0 Å². The van der Waals surface area contributed by atoms with Crippen LogP contribution in [0.5, 0.6) is 0 Å². The van der Waals surface area contributed by atoms with Crippen molar-refractivity contribution < 1.29 is 9.59 Å². The summed E-state index contributed by atoms with van der Waals surface area (Å²) in [4.78, 5) is 26.0. The molecule has 1 aliphatic heterocycles. The van der Waals surface area contributed by atoms with Crippen LogP contribution in [0.25, 0.3) is 0 Å². The van der Waals surface area contributed by atoms with Crippen LogP contribution < -0.4 is 16.0 Å². The maximum Gasteiger partial charge on any atom is 0.244 e. The fraction of sp³-hybridized carbons (Fsp3) is 0.300. The molecule has 5 nitrogen and oxygen atoms in total. The van der Waals surface area contributed by atoms with Crippen LogP contribution in [0.3, 0.4) is 0 Å². The van der Waals surface area contributed by atoms with Crippen molar-refractivity contribution in [1.29, 1.82) is 0 Å². The van der Waals surface area contributed by atoms with Crippen LogP contribution in [0.4, 0.5) is 5.69 Å². The van der Waals surface area contributed by atoms with E-state index in [2.05, 4.69) is 5.32 Å². The average Bonchev–Trinajstić information content (AvgIpc) is 3.06. The van der Waals surface area contributed by atoms with Gasteiger partial charge in [-0.2, -0.15) is 0 Å². The normalized spacial score (nSPS) is 16.6. The van der Waals surface area contributed by atoms with Crippen LogP contribution in [0.15, 0.2) is 54.6 Å². The topological polar surface area (TPSA) is 75.4 Å². The van der Waals surface area contributed by atoms with Crippen LogP contribution in [0, 0.1) is 0 Å². The molecular weight excluding hydrogens is 314 g/mol. The molecule has 1 fully saturated rings. The van der Waals surface area contributed by atoms with Crippen molar-refractivity contribution in [3.8, 4) is 0 Å². The molecule has 1 atom stereocenters. The Labute approximate surface area is 147 Å². The Bertz CT molecular complexity index is 754. The van der Waals surface area contributed by atoms with E-state index in [9.17, 15) is 9.59 Å². The zero-order valence-corrected chi connectivity index (χ0v) is 14.4. The van der Waals surface area contributed by atoms with Crippen molar-refractivity contribution in [3.63, 3.8) is 0 Å². The first-order valence-electron chi connectivity index (χ1n) is 8.50. The second kappa shape index (κ2) is 7.07. The fourth-order valence-corrected chi connectivity index (χ4v) is 3.00. The Morgan fingerprint density at radius 2 is 1.84 bits per heavy atom. The van der Waals surface area contributed by atoms with Gasteiger partial charge in [0.15, 0.2) is 0 Å². The van der Waals surface area contributed by atoms with Gasteiger partial charge in [-0.1, -0.05) is 42.5 Å². The molecule has 2 aromatic rings. The molecule has 1 saturated heterocycles. The smallest absolute Gasteiger partial charge is 0.244 e. The van der Waals surface area contributed by atoms with Crippen LogP contribution in [0.2, 0.25) is 0 Å². The molecule has 1 aliphatic rings. The molecule has 3 rings (SSSR count). The maximum absolute atomic E-state index is 12.5. The number of hydrogen-bond donors (Lipinski definition) is 2. The van der Waals surface area contributed by atoms with Gasteiger partial charge in [-0.25, -0.2) is 0 Å². The van der Waals surface area contributed by atoms with Gasteiger partial charge in [-0.05, 0) is 36.6 Å². The highest BCUT2D eigenvalue weighted by Gasteiger charge is 2.30. The van der Waals surface area contributed by atoms with Crippen LogP contribution in [-0.2, 0) is 21.7 Å². The molecule has 3 N–H and O–H groups in total. The molecule has 0 aromatic heterocycles. The third kappa shape index (κ3) is 3.72. The summed E-state index contributed by atoms with van der Waals surface area (Å²) in [6.07, 6.45) is 1.53. The number of benzene rings is 2. The number of amides is 2. The monoisotopic (exact) mass is 337 g/mol. The SMILES string of the molecule is CC(N)(C(=O)NCc1ccc(N2CCCC2=O)cc1)c1ccccc1. The lowest BCUT2D eigenvalue weighted by molar-refractivity contribution is -0.126. The van der Waals surface area contributed by atoms with Crippen LogP contribution in [-0.4, -0.2) is 18.4 Å². The minimum atomic E-state index is -1.08. The Balaban J connectivity index is 1.61. The van der Waals surface area contributed by atoms with E-state index in [1.54, 1.807) is 11.8 Å². The van der Waals surface area contributed by atoms with Gasteiger partial charge >= 0.3 is 0 Å². The summed E-state index contributed by atoms with van der Waals surface area (Å²) in [7, 11) is 0. The van der Waals surface area contributed by atoms with Gasteiger partial charge in [0.1, 0.15) is 5.54 Å². The summed E-state index contributed by atoms with van der Waals surface area (Å²) in [5, 5.41) is 2.89. The van der Waals surface area contributed by atoms with E-state index in [4.69, 9.17) is 5.73 Å². The first-order valence-corrected chi connectivity index (χ1v) is 8.50. The van der Waals surface area contributed by atoms with Crippen molar-refractivity contribution in [1.82, 2.24) is 5.32 Å². The highest BCUT2D eigenvalue weighted by molar-refractivity contribution is 5.95. The van der Waals surface area contributed by atoms with Crippen molar-refractivity contribution in [2.45, 2.75) is 31.8 Å². The Hall–Kier alpha value is -2.66. The molecule has 1 heterocycles. The average molecular weight is 337 g/mol. The number of carbonyl (C=O) groups excluding carboxylic acids is 2. The summed E-state index contributed by atoms with van der Waals surface area (Å²) in [6, 6.07) is 17.0. The van der Waals surface area contributed by atoms with Crippen molar-refractivity contribution >= 4 is 17.5 Å². The number of hydrogen-bond acceptors (Lipinski definition) is 3. The molecule has 0 saturated carbocycles. The van der Waals surface area contributed by atoms with E-state index in [0.29, 0.717) is 13.0 Å². The lowest BCUT2D eigenvalue weighted by Gasteiger charge is -2.24. The standard InChI is InChI=1S/C20H23N3O2/c1-20(21,16-6-3-2-4-7-16)19(25)22-14-15-9-11-17(12-10-15)23-13-5-8-18(23)24/h2-4,6-7,9-12H,5,8,13-14,21H2,1H3,(H,22,25). The molecule has 0 bridgehead atoms. The summed E-state index contributed by atoms with van der Waals surface area (Å²) in [5.74, 6) is -0.0553. The minimum Gasteiger partial charge on any atom is -0.350 e. The predicted octanol–water partition coefficient (Wildman–Crippen LogP) is 2.30. The van der Waals surface area contributed by atoms with E-state index in [0.717, 1.165) is 29.8 Å². The Morgan fingerprint density at radius 3 is 2.44 bits per heavy atom. The lowest BCUT2D eigenvalue weighted by atomic mass is 9.92. The van der Waals surface area contributed by atoms with E-state index in [1.807, 2.05) is 54.6 Å². The molecule has 0 spiro atoms. The quantitative estimate of drug-likeness (QED) is 0.879. The highest BCUT2D eigenvalue weighted by Crippen LogP contribution is 2.22. The number of nitrogens with two attached hydrogens (primary N) is 1. The van der Waals surface area contributed by atoms with Crippen LogP contribution in [0.1, 0.15) is 30.9 Å². The second-order valence-electron chi connectivity index (χ2n) is 6.57. The third-order valence-electron chi connectivity index (χ3n) is 4.62. The van der Waals surface area contributed by atoms with E-state index in [1.165, 1.54) is 0 Å². The number of nitrogens with zero attached hydrogens (tertiary/aromatic N) is 1. The van der Waals surface area contributed by atoms with E-state index >= 15 is 0 Å². The highest BCUT2D eigenvalue weighted by atomic mass is 16.2. The lowest BCUT2D eigenvalue weighted by Crippen LogP contribution is -2.48. The summed E-state index contributed by atoms with van der Waals surface area (Å²) in [6.45, 7) is 2.88. The van der Waals surface area contributed by atoms with Gasteiger partial charge in [-0.3, -0.25) is 9.59 Å². The summed E-state index contributed by atoms with van der Waals surface area (Å²) < 4.78 is 0. The Kier molecular flexibility index (Phi) is 4.86. The summed E-state index contributed by atoms with van der Waals surface area (Å²) in [5.41, 5.74) is 7.78. The molecule has 2 aromatic carbocycles. The van der Waals surface area contributed by atoms with Gasteiger partial charge in [0.05, 0.1) is 0 Å². The molecular formula is C20H23N3O2. The molecule has 130 valence electrons. The first kappa shape index (κ1) is 17.2. The maximum atomic E-state index is 12.5. The largest absolute Gasteiger partial charge is 0.350 e. The van der Waals surface area contributed by atoms with Gasteiger partial charge in [0.2, 0.25) is 11.8 Å². The van der Waals surface area contributed by atoms with Crippen LogP contribution >= 0.6 is 0 Å². The molecule has 5 heteroatoms. The van der Waals surface area contributed by atoms with Crippen molar-refractivity contribution in [2.24, 2.45) is 5.73 Å². The third-order valence-corrected chi connectivity index (χ3v) is 4.62. The first-order chi connectivity index (χ1) is 12.0. The van der Waals surface area contributed by atoms with E-state index < -0.39 is 5.54 Å². The number of anilines is 1.